The lowest BCUT2D eigenvalue weighted by Crippen LogP contribution is -2.21. The maximum Gasteiger partial charge on any atom is 0.168 e. The molecule has 0 spiro atoms. The molecule has 2 aromatic rings. The predicted molar refractivity (Wildman–Crippen MR) is 79.9 cm³/mol. The van der Waals surface area contributed by atoms with E-state index in [9.17, 15) is 8.78 Å². The van der Waals surface area contributed by atoms with Crippen molar-refractivity contribution >= 4 is 11.6 Å². The van der Waals surface area contributed by atoms with Gasteiger partial charge >= 0.3 is 0 Å². The highest BCUT2D eigenvalue weighted by Gasteiger charge is 2.08. The summed E-state index contributed by atoms with van der Waals surface area (Å²) < 4.78 is 31.7. The molecule has 2 aromatic carbocycles. The Bertz CT molecular complexity index is 632. The Hall–Kier alpha value is -1.65. The summed E-state index contributed by atoms with van der Waals surface area (Å²) in [6.07, 6.45) is 0. The Labute approximate surface area is 127 Å². The number of nitrogens with one attached hydrogen (secondary N) is 1. The molecule has 1 N–H and O–H groups in total. The number of hydrogen-bond donors (Lipinski definition) is 1. The van der Waals surface area contributed by atoms with Crippen molar-refractivity contribution in [3.05, 3.63) is 58.6 Å². The average molecular weight is 312 g/mol. The van der Waals surface area contributed by atoms with Gasteiger partial charge in [-0.1, -0.05) is 31.5 Å². The van der Waals surface area contributed by atoms with Gasteiger partial charge < -0.3 is 10.1 Å². The lowest BCUT2D eigenvalue weighted by molar-refractivity contribution is 0.437. The zero-order valence-corrected chi connectivity index (χ0v) is 12.5. The van der Waals surface area contributed by atoms with E-state index in [2.05, 4.69) is 5.32 Å². The van der Waals surface area contributed by atoms with Crippen LogP contribution in [-0.2, 0) is 6.54 Å². The van der Waals surface area contributed by atoms with Gasteiger partial charge in [0.15, 0.2) is 11.6 Å². The van der Waals surface area contributed by atoms with Gasteiger partial charge in [-0.15, -0.1) is 0 Å². The molecule has 0 aliphatic rings. The average Bonchev–Trinajstić information content (AvgIpc) is 2.41. The third-order valence-electron chi connectivity index (χ3n) is 2.85. The lowest BCUT2D eigenvalue weighted by atomic mass is 10.2. The summed E-state index contributed by atoms with van der Waals surface area (Å²) in [4.78, 5) is 0. The van der Waals surface area contributed by atoms with Gasteiger partial charge in [0.05, 0.1) is 0 Å². The summed E-state index contributed by atoms with van der Waals surface area (Å²) in [5, 5.41) is 3.79. The minimum Gasteiger partial charge on any atom is -0.454 e. The molecule has 0 fully saturated rings. The topological polar surface area (TPSA) is 21.3 Å². The van der Waals surface area contributed by atoms with Crippen LogP contribution in [-0.4, -0.2) is 6.04 Å². The Morgan fingerprint density at radius 3 is 2.52 bits per heavy atom. The SMILES string of the molecule is CC(C)NCc1ccc(Oc2ccc(F)cc2F)cc1Cl. The molecule has 0 radical (unpaired) electrons. The molecule has 21 heavy (non-hydrogen) atoms. The standard InChI is InChI=1S/C16H16ClF2NO/c1-10(2)20-9-11-3-5-13(8-14(11)17)21-16-6-4-12(18)7-15(16)19/h3-8,10,20H,9H2,1-2H3. The normalized spacial score (nSPS) is 11.0. The van der Waals surface area contributed by atoms with Crippen LogP contribution in [0.15, 0.2) is 36.4 Å². The molecule has 2 nitrogen and oxygen atoms in total. The van der Waals surface area contributed by atoms with Gasteiger partial charge in [-0.3, -0.25) is 0 Å². The zero-order valence-electron chi connectivity index (χ0n) is 11.8. The van der Waals surface area contributed by atoms with Crippen LogP contribution in [0.3, 0.4) is 0 Å². The van der Waals surface area contributed by atoms with Crippen molar-refractivity contribution in [1.29, 1.82) is 0 Å². The molecule has 112 valence electrons. The molecule has 0 aliphatic heterocycles. The van der Waals surface area contributed by atoms with Crippen molar-refractivity contribution in [1.82, 2.24) is 5.32 Å². The van der Waals surface area contributed by atoms with E-state index in [4.69, 9.17) is 16.3 Å². The third kappa shape index (κ3) is 4.41. The van der Waals surface area contributed by atoms with Crippen LogP contribution in [0.2, 0.25) is 5.02 Å². The van der Waals surface area contributed by atoms with E-state index in [1.54, 1.807) is 12.1 Å². The van der Waals surface area contributed by atoms with E-state index in [-0.39, 0.29) is 5.75 Å². The molecule has 0 saturated heterocycles. The molecule has 0 amide bonds. The van der Waals surface area contributed by atoms with Gasteiger partial charge in [0.25, 0.3) is 0 Å². The van der Waals surface area contributed by atoms with Crippen LogP contribution in [0.25, 0.3) is 0 Å². The highest BCUT2D eigenvalue weighted by atomic mass is 35.5. The molecule has 0 heterocycles. The van der Waals surface area contributed by atoms with Crippen LogP contribution < -0.4 is 10.1 Å². The Balaban J connectivity index is 2.12. The van der Waals surface area contributed by atoms with Gasteiger partial charge in [-0.25, -0.2) is 8.78 Å². The zero-order chi connectivity index (χ0) is 15.4. The first-order valence-corrected chi connectivity index (χ1v) is 6.98. The molecule has 0 atom stereocenters. The lowest BCUT2D eigenvalue weighted by Gasteiger charge is -2.12. The van der Waals surface area contributed by atoms with Crippen molar-refractivity contribution in [3.8, 4) is 11.5 Å². The molecule has 0 bridgehead atoms. The van der Waals surface area contributed by atoms with Gasteiger partial charge in [0, 0.05) is 23.7 Å². The molecule has 0 aromatic heterocycles. The van der Waals surface area contributed by atoms with Crippen LogP contribution >= 0.6 is 11.6 Å². The third-order valence-corrected chi connectivity index (χ3v) is 3.20. The molecular weight excluding hydrogens is 296 g/mol. The Morgan fingerprint density at radius 2 is 1.90 bits per heavy atom. The molecule has 5 heteroatoms. The largest absolute Gasteiger partial charge is 0.454 e. The van der Waals surface area contributed by atoms with Gasteiger partial charge in [-0.2, -0.15) is 0 Å². The van der Waals surface area contributed by atoms with Crippen molar-refractivity contribution in [2.75, 3.05) is 0 Å². The van der Waals surface area contributed by atoms with E-state index < -0.39 is 11.6 Å². The maximum atomic E-state index is 13.5. The van der Waals surface area contributed by atoms with Crippen LogP contribution in [0.5, 0.6) is 11.5 Å². The van der Waals surface area contributed by atoms with E-state index in [1.807, 2.05) is 19.9 Å². The number of ether oxygens (including phenoxy) is 1. The van der Waals surface area contributed by atoms with E-state index in [1.165, 1.54) is 6.07 Å². The van der Waals surface area contributed by atoms with E-state index in [0.717, 1.165) is 17.7 Å². The monoisotopic (exact) mass is 311 g/mol. The van der Waals surface area contributed by atoms with Gasteiger partial charge in [0.2, 0.25) is 0 Å². The fourth-order valence-corrected chi connectivity index (χ4v) is 1.97. The van der Waals surface area contributed by atoms with Crippen molar-refractivity contribution in [2.24, 2.45) is 0 Å². The minimum absolute atomic E-state index is 0.0412. The second-order valence-corrected chi connectivity index (χ2v) is 5.37. The molecule has 0 aliphatic carbocycles. The Morgan fingerprint density at radius 1 is 1.14 bits per heavy atom. The maximum absolute atomic E-state index is 13.5. The summed E-state index contributed by atoms with van der Waals surface area (Å²) in [5.74, 6) is -1.04. The number of halogens is 3. The summed E-state index contributed by atoms with van der Waals surface area (Å²) in [7, 11) is 0. The quantitative estimate of drug-likeness (QED) is 0.847. The summed E-state index contributed by atoms with van der Waals surface area (Å²) in [6, 6.07) is 8.64. The smallest absolute Gasteiger partial charge is 0.168 e. The fourth-order valence-electron chi connectivity index (χ4n) is 1.73. The molecule has 2 rings (SSSR count). The molecule has 0 unspecified atom stereocenters. The van der Waals surface area contributed by atoms with Crippen molar-refractivity contribution in [2.45, 2.75) is 26.4 Å². The highest BCUT2D eigenvalue weighted by Crippen LogP contribution is 2.28. The second kappa shape index (κ2) is 6.87. The first kappa shape index (κ1) is 15.7. The molecular formula is C16H16ClF2NO. The summed E-state index contributed by atoms with van der Waals surface area (Å²) in [5.41, 5.74) is 0.928. The summed E-state index contributed by atoms with van der Waals surface area (Å²) in [6.45, 7) is 4.73. The van der Waals surface area contributed by atoms with Crippen LogP contribution in [0, 0.1) is 11.6 Å². The second-order valence-electron chi connectivity index (χ2n) is 4.97. The van der Waals surface area contributed by atoms with Crippen molar-refractivity contribution < 1.29 is 13.5 Å². The van der Waals surface area contributed by atoms with Crippen LogP contribution in [0.1, 0.15) is 19.4 Å². The number of hydrogen-bond acceptors (Lipinski definition) is 2. The highest BCUT2D eigenvalue weighted by molar-refractivity contribution is 6.31. The van der Waals surface area contributed by atoms with Gasteiger partial charge in [0.1, 0.15) is 11.6 Å². The first-order chi connectivity index (χ1) is 9.95. The number of rotatable bonds is 5. The fraction of sp³-hybridized carbons (Fsp3) is 0.250. The number of benzene rings is 2. The molecule has 0 saturated carbocycles. The first-order valence-electron chi connectivity index (χ1n) is 6.60. The predicted octanol–water partition coefficient (Wildman–Crippen LogP) is 4.91. The minimum atomic E-state index is -0.753. The Kier molecular flexibility index (Phi) is 5.15. The van der Waals surface area contributed by atoms with Crippen molar-refractivity contribution in [3.63, 3.8) is 0 Å². The van der Waals surface area contributed by atoms with Crippen LogP contribution in [0.4, 0.5) is 8.78 Å². The van der Waals surface area contributed by atoms with E-state index in [0.29, 0.717) is 23.4 Å². The van der Waals surface area contributed by atoms with Gasteiger partial charge in [-0.05, 0) is 29.8 Å². The van der Waals surface area contributed by atoms with E-state index >= 15 is 0 Å². The summed E-state index contributed by atoms with van der Waals surface area (Å²) >= 11 is 6.17.